The summed E-state index contributed by atoms with van der Waals surface area (Å²) in [4.78, 5) is 0. The lowest BCUT2D eigenvalue weighted by molar-refractivity contribution is 0.424. The van der Waals surface area contributed by atoms with Crippen LogP contribution in [-0.2, 0) is 9.09 Å². The summed E-state index contributed by atoms with van der Waals surface area (Å²) >= 11 is 5.14. The van der Waals surface area contributed by atoms with E-state index in [0.29, 0.717) is 5.92 Å². The van der Waals surface area contributed by atoms with Crippen molar-refractivity contribution in [1.29, 1.82) is 0 Å². The normalized spacial score (nSPS) is 17.3. The summed E-state index contributed by atoms with van der Waals surface area (Å²) < 4.78 is 15.8. The molecule has 0 saturated heterocycles. The molecule has 0 saturated carbocycles. The molecule has 0 aromatic carbocycles. The highest BCUT2D eigenvalue weighted by Crippen LogP contribution is 2.63. The molecule has 0 spiro atoms. The summed E-state index contributed by atoms with van der Waals surface area (Å²) in [5.41, 5.74) is 0. The first kappa shape index (κ1) is 10.9. The molecule has 0 aliphatic rings. The third kappa shape index (κ3) is 5.66. The van der Waals surface area contributed by atoms with Crippen LogP contribution < -0.4 is 0 Å². The van der Waals surface area contributed by atoms with Crippen molar-refractivity contribution < 1.29 is 9.09 Å². The Hall–Kier alpha value is 0.890. The second-order valence-corrected chi connectivity index (χ2v) is 8.84. The lowest BCUT2D eigenvalue weighted by Gasteiger charge is -2.09. The van der Waals surface area contributed by atoms with Crippen LogP contribution in [0.15, 0.2) is 0 Å². The second-order valence-electron chi connectivity index (χ2n) is 2.34. The van der Waals surface area contributed by atoms with Gasteiger partial charge in [0.15, 0.2) is 0 Å². The van der Waals surface area contributed by atoms with Crippen LogP contribution in [0, 0.1) is 5.92 Å². The molecule has 0 fully saturated rings. The fraction of sp³-hybridized carbons (Fsp3) is 1.00. The molecule has 10 heavy (non-hydrogen) atoms. The summed E-state index contributed by atoms with van der Waals surface area (Å²) in [6, 6.07) is 0. The Morgan fingerprint density at radius 1 is 1.70 bits per heavy atom. The smallest absolute Gasteiger partial charge is 0.309 e. The summed E-state index contributed by atoms with van der Waals surface area (Å²) in [6.45, 7) is 4.13. The van der Waals surface area contributed by atoms with Crippen molar-refractivity contribution in [1.82, 2.24) is 0 Å². The molecule has 0 amide bonds. The standard InChI is InChI=1S/C5H13O2PS2/c1-5(2)4-10-8(6,9)7-3/h5H,4H2,1-3H3,(H,6,9). The molecular weight excluding hydrogens is 187 g/mol. The maximum atomic E-state index is 11.1. The van der Waals surface area contributed by atoms with Gasteiger partial charge in [-0.05, 0) is 5.92 Å². The van der Waals surface area contributed by atoms with E-state index >= 15 is 0 Å². The molecule has 1 unspecified atom stereocenters. The molecule has 0 N–H and O–H groups in total. The van der Waals surface area contributed by atoms with Crippen LogP contribution in [0.4, 0.5) is 0 Å². The van der Waals surface area contributed by atoms with Crippen LogP contribution in [-0.4, -0.2) is 12.9 Å². The maximum Gasteiger partial charge on any atom is 0.309 e. The van der Waals surface area contributed by atoms with Gasteiger partial charge in [-0.3, -0.25) is 4.57 Å². The molecule has 0 aliphatic heterocycles. The molecule has 0 aromatic heterocycles. The highest BCUT2D eigenvalue weighted by atomic mass is 33.1. The topological polar surface area (TPSA) is 26.3 Å². The summed E-state index contributed by atoms with van der Waals surface area (Å²) in [5.74, 6) is -1.26. The molecule has 0 radical (unpaired) electrons. The number of rotatable bonds is 4. The highest BCUT2D eigenvalue weighted by Gasteiger charge is 2.15. The van der Waals surface area contributed by atoms with Gasteiger partial charge in [0.1, 0.15) is 0 Å². The van der Waals surface area contributed by atoms with E-state index in [1.807, 2.05) is 0 Å². The minimum Gasteiger partial charge on any atom is -0.317 e. The number of hydrogen-bond donors (Lipinski definition) is 1. The Morgan fingerprint density at radius 3 is 2.50 bits per heavy atom. The maximum absolute atomic E-state index is 11.1. The lowest BCUT2D eigenvalue weighted by Crippen LogP contribution is -1.89. The van der Waals surface area contributed by atoms with Crippen LogP contribution in [0.5, 0.6) is 0 Å². The molecule has 5 heteroatoms. The molecule has 0 bridgehead atoms. The van der Waals surface area contributed by atoms with Gasteiger partial charge in [0, 0.05) is 12.9 Å². The van der Waals surface area contributed by atoms with E-state index in [1.165, 1.54) is 18.5 Å². The Kier molecular flexibility index (Phi) is 5.12. The van der Waals surface area contributed by atoms with Gasteiger partial charge in [-0.25, -0.2) is 0 Å². The van der Waals surface area contributed by atoms with Crippen LogP contribution in [0.1, 0.15) is 13.8 Å². The van der Waals surface area contributed by atoms with E-state index in [-0.39, 0.29) is 0 Å². The SMILES string of the molecule is COP(=O)(S)SCC(C)C. The largest absolute Gasteiger partial charge is 0.317 e. The van der Waals surface area contributed by atoms with Gasteiger partial charge >= 0.3 is 5.77 Å². The summed E-state index contributed by atoms with van der Waals surface area (Å²) in [5, 5.41) is 0. The predicted octanol–water partition coefficient (Wildman–Crippen LogP) is 3.06. The zero-order valence-electron chi connectivity index (χ0n) is 6.40. The summed E-state index contributed by atoms with van der Waals surface area (Å²) in [6.07, 6.45) is 0. The van der Waals surface area contributed by atoms with Crippen molar-refractivity contribution in [2.24, 2.45) is 5.92 Å². The van der Waals surface area contributed by atoms with Crippen molar-refractivity contribution in [3.63, 3.8) is 0 Å². The predicted molar refractivity (Wildman–Crippen MR) is 50.9 cm³/mol. The Morgan fingerprint density at radius 2 is 2.20 bits per heavy atom. The first-order valence-corrected chi connectivity index (χ1v) is 7.38. The Bertz CT molecular complexity index is 138. The molecule has 62 valence electrons. The molecule has 1 atom stereocenters. The average molecular weight is 200 g/mol. The van der Waals surface area contributed by atoms with E-state index in [9.17, 15) is 4.57 Å². The minimum absolute atomic E-state index is 0.528. The van der Waals surface area contributed by atoms with Gasteiger partial charge in [-0.1, -0.05) is 37.5 Å². The quantitative estimate of drug-likeness (QED) is 0.558. The van der Waals surface area contributed by atoms with Crippen LogP contribution in [0.2, 0.25) is 0 Å². The van der Waals surface area contributed by atoms with Crippen molar-refractivity contribution in [3.8, 4) is 0 Å². The van der Waals surface area contributed by atoms with E-state index in [2.05, 4.69) is 30.6 Å². The average Bonchev–Trinajstić information content (AvgIpc) is 1.85. The third-order valence-electron chi connectivity index (χ3n) is 0.802. The molecule has 2 nitrogen and oxygen atoms in total. The zero-order valence-corrected chi connectivity index (χ0v) is 9.01. The van der Waals surface area contributed by atoms with Crippen molar-refractivity contribution in [2.45, 2.75) is 13.8 Å². The Balaban J connectivity index is 3.58. The fourth-order valence-electron chi connectivity index (χ4n) is 0.296. The van der Waals surface area contributed by atoms with Crippen molar-refractivity contribution in [3.05, 3.63) is 0 Å². The van der Waals surface area contributed by atoms with Gasteiger partial charge in [-0.2, -0.15) is 0 Å². The van der Waals surface area contributed by atoms with Crippen LogP contribution >= 0.6 is 29.4 Å². The first-order chi connectivity index (χ1) is 4.48. The third-order valence-corrected chi connectivity index (χ3v) is 5.81. The van der Waals surface area contributed by atoms with E-state index < -0.39 is 5.77 Å². The van der Waals surface area contributed by atoms with Gasteiger partial charge in [0.25, 0.3) is 0 Å². The highest BCUT2D eigenvalue weighted by molar-refractivity contribution is 8.84. The van der Waals surface area contributed by atoms with Crippen molar-refractivity contribution >= 4 is 29.4 Å². The van der Waals surface area contributed by atoms with Crippen molar-refractivity contribution in [2.75, 3.05) is 12.9 Å². The van der Waals surface area contributed by atoms with Gasteiger partial charge in [-0.15, -0.1) is 0 Å². The molecule has 0 rings (SSSR count). The molecular formula is C5H13O2PS2. The number of hydrogen-bond acceptors (Lipinski definition) is 3. The molecule has 0 aliphatic carbocycles. The fourth-order valence-corrected chi connectivity index (χ4v) is 3.26. The first-order valence-electron chi connectivity index (χ1n) is 3.01. The van der Waals surface area contributed by atoms with Crippen LogP contribution in [0.3, 0.4) is 0 Å². The molecule has 0 heterocycles. The van der Waals surface area contributed by atoms with Gasteiger partial charge in [0.05, 0.1) is 0 Å². The van der Waals surface area contributed by atoms with Crippen LogP contribution in [0.25, 0.3) is 0 Å². The molecule has 0 aromatic rings. The summed E-state index contributed by atoms with van der Waals surface area (Å²) in [7, 11) is 1.42. The Labute approximate surface area is 71.5 Å². The van der Waals surface area contributed by atoms with E-state index in [4.69, 9.17) is 0 Å². The van der Waals surface area contributed by atoms with E-state index in [1.54, 1.807) is 0 Å². The number of thiol groups is 1. The van der Waals surface area contributed by atoms with E-state index in [0.717, 1.165) is 5.75 Å². The van der Waals surface area contributed by atoms with Gasteiger partial charge in [0.2, 0.25) is 0 Å². The van der Waals surface area contributed by atoms with Gasteiger partial charge < -0.3 is 4.52 Å². The monoisotopic (exact) mass is 200 g/mol. The minimum atomic E-state index is -2.62. The second kappa shape index (κ2) is 4.70. The lowest BCUT2D eigenvalue weighted by atomic mass is 10.3. The zero-order chi connectivity index (χ0) is 8.20.